The van der Waals surface area contributed by atoms with Crippen LogP contribution in [0.2, 0.25) is 0 Å². The number of aromatic nitrogens is 2. The maximum atomic E-state index is 13.6. The molecule has 4 aliphatic rings. The molecule has 8 rings (SSSR count). The summed E-state index contributed by atoms with van der Waals surface area (Å²) < 4.78 is 4.77. The van der Waals surface area contributed by atoms with Gasteiger partial charge in [-0.15, -0.1) is 0 Å². The van der Waals surface area contributed by atoms with E-state index in [1.807, 2.05) is 55.4 Å². The zero-order valence-electron chi connectivity index (χ0n) is 32.3. The lowest BCUT2D eigenvalue weighted by molar-refractivity contribution is -0.135. The van der Waals surface area contributed by atoms with Gasteiger partial charge >= 0.3 is 6.09 Å². The number of para-hydroxylation sites is 1. The van der Waals surface area contributed by atoms with Crippen molar-refractivity contribution in [1.29, 1.82) is 0 Å². The van der Waals surface area contributed by atoms with E-state index < -0.39 is 12.1 Å². The minimum atomic E-state index is -0.675. The number of imidazole rings is 1. The molecule has 3 aromatic carbocycles. The molecule has 11 nitrogen and oxygen atoms in total. The molecule has 4 aromatic rings. The Bertz CT molecular complexity index is 2150. The number of nitrogens with two attached hydrogens (primary N) is 1. The van der Waals surface area contributed by atoms with Gasteiger partial charge in [-0.25, -0.2) is 9.78 Å². The van der Waals surface area contributed by atoms with Crippen LogP contribution in [-0.2, 0) is 20.9 Å². The van der Waals surface area contributed by atoms with Gasteiger partial charge in [-0.3, -0.25) is 14.6 Å². The Morgan fingerprint density at radius 2 is 1.62 bits per heavy atom. The first-order valence-electron chi connectivity index (χ1n) is 20.0. The smallest absolute Gasteiger partial charge is 0.407 e. The third kappa shape index (κ3) is 7.34. The summed E-state index contributed by atoms with van der Waals surface area (Å²) in [5.41, 5.74) is 15.4. The number of nitrogens with one attached hydrogen (secondary N) is 3. The Balaban J connectivity index is 0.888. The Morgan fingerprint density at radius 1 is 0.929 bits per heavy atom. The van der Waals surface area contributed by atoms with Gasteiger partial charge in [-0.2, -0.15) is 0 Å². The number of anilines is 1. The monoisotopic (exact) mass is 753 g/mol. The first-order valence-corrected chi connectivity index (χ1v) is 20.0. The number of fused-ring (bicyclic) bond motifs is 2. The van der Waals surface area contributed by atoms with Crippen LogP contribution in [0.15, 0.2) is 90.2 Å². The molecule has 2 unspecified atom stereocenters. The molecule has 2 aliphatic carbocycles. The van der Waals surface area contributed by atoms with Crippen LogP contribution >= 0.6 is 0 Å². The Morgan fingerprint density at radius 3 is 2.34 bits per heavy atom. The van der Waals surface area contributed by atoms with E-state index in [-0.39, 0.29) is 35.6 Å². The summed E-state index contributed by atoms with van der Waals surface area (Å²) in [4.78, 5) is 54.1. The lowest BCUT2D eigenvalue weighted by atomic mass is 9.75. The van der Waals surface area contributed by atoms with Crippen LogP contribution in [0.25, 0.3) is 28.0 Å². The molecule has 2 aliphatic heterocycles. The van der Waals surface area contributed by atoms with Crippen LogP contribution in [0.3, 0.4) is 0 Å². The normalized spacial score (nSPS) is 23.2. The van der Waals surface area contributed by atoms with Gasteiger partial charge in [0.15, 0.2) is 0 Å². The Labute approximate surface area is 328 Å². The summed E-state index contributed by atoms with van der Waals surface area (Å²) in [5.74, 6) is 1.73. The number of rotatable bonds is 11. The zero-order valence-corrected chi connectivity index (χ0v) is 32.3. The third-order valence-corrected chi connectivity index (χ3v) is 12.5. The number of aromatic amines is 1. The number of nitrogens with zero attached hydrogens (tertiary/aromatic N) is 3. The molecular formula is C45H51N7O4. The van der Waals surface area contributed by atoms with Gasteiger partial charge < -0.3 is 31.0 Å². The molecule has 0 radical (unpaired) electrons. The minimum Gasteiger partial charge on any atom is -0.453 e. The fraction of sp³-hybridized carbons (Fsp3) is 0.400. The first-order chi connectivity index (χ1) is 27.2. The lowest BCUT2D eigenvalue weighted by Crippen LogP contribution is -2.51. The van der Waals surface area contributed by atoms with Crippen LogP contribution in [-0.4, -0.2) is 58.2 Å². The van der Waals surface area contributed by atoms with Gasteiger partial charge in [-0.1, -0.05) is 80.6 Å². The average Bonchev–Trinajstić information content (AvgIpc) is 4.08. The van der Waals surface area contributed by atoms with Crippen molar-refractivity contribution < 1.29 is 19.1 Å². The number of carbonyl (C=O) groups excluding carboxylic acids is 3. The van der Waals surface area contributed by atoms with E-state index in [2.05, 4.69) is 64.1 Å². The van der Waals surface area contributed by atoms with Gasteiger partial charge in [-0.05, 0) is 89.3 Å². The maximum Gasteiger partial charge on any atom is 0.407 e. The largest absolute Gasteiger partial charge is 0.453 e. The molecule has 2 bridgehead atoms. The van der Waals surface area contributed by atoms with E-state index >= 15 is 0 Å². The number of benzene rings is 3. The van der Waals surface area contributed by atoms with Crippen molar-refractivity contribution in [3.63, 3.8) is 0 Å². The number of allylic oxidation sites excluding steroid dienone is 1. The van der Waals surface area contributed by atoms with Crippen LogP contribution < -0.4 is 16.4 Å². The number of alkyl carbamates (subject to hydrolysis) is 1. The highest BCUT2D eigenvalue weighted by molar-refractivity contribution is 6.02. The second-order valence-electron chi connectivity index (χ2n) is 16.1. The highest BCUT2D eigenvalue weighted by Gasteiger charge is 2.52. The average molecular weight is 754 g/mol. The van der Waals surface area contributed by atoms with E-state index in [1.165, 1.54) is 19.1 Å². The molecule has 1 saturated heterocycles. The van der Waals surface area contributed by atoms with Crippen molar-refractivity contribution in [2.24, 2.45) is 34.6 Å². The van der Waals surface area contributed by atoms with Crippen LogP contribution in [0.1, 0.15) is 75.4 Å². The minimum absolute atomic E-state index is 0.0372. The molecule has 11 heteroatoms. The van der Waals surface area contributed by atoms with Crippen molar-refractivity contribution in [2.45, 2.75) is 71.0 Å². The number of nitrogen functional groups attached to an aromatic ring is 1. The van der Waals surface area contributed by atoms with Crippen molar-refractivity contribution >= 4 is 34.9 Å². The van der Waals surface area contributed by atoms with Crippen LogP contribution in [0.4, 0.5) is 10.5 Å². The molecule has 6 atom stereocenters. The molecule has 0 spiro atoms. The number of carbonyl (C=O) groups is 3. The highest BCUT2D eigenvalue weighted by atomic mass is 16.5. The quantitative estimate of drug-likeness (QED) is 0.116. The summed E-state index contributed by atoms with van der Waals surface area (Å²) in [6, 6.07) is 23.9. The summed E-state index contributed by atoms with van der Waals surface area (Å²) in [6.45, 7) is 4.88. The van der Waals surface area contributed by atoms with E-state index in [9.17, 15) is 14.4 Å². The molecule has 290 valence electrons. The maximum absolute atomic E-state index is 13.6. The summed E-state index contributed by atoms with van der Waals surface area (Å²) in [6.07, 6.45) is 9.05. The Hall–Kier alpha value is -5.71. The summed E-state index contributed by atoms with van der Waals surface area (Å²) in [7, 11) is 1.30. The van der Waals surface area contributed by atoms with Gasteiger partial charge in [0.05, 0.1) is 25.0 Å². The standard InChI is InChI=1S/C45H51N7O4/c1-26(2)41(51-45(55)56-3)44(54)52-20-6-9-38(52)42-48-25-37(50-42)30-16-14-28(15-17-30)27-10-12-29(13-11-27)34-22-36(47-24-34)39-31-18-19-32(21-31)40(39)43(53)49-23-33-7-4-5-8-35(33)46/h4-5,7-8,10-17,24-26,31-32,38-41H,6,9,18-23,46H2,1-3H3,(H,48,50)(H,49,53)(H,51,55)/t31?,32?,38-,39+,40-,41-/m0/s1. The molecule has 5 N–H and O–H groups in total. The van der Waals surface area contributed by atoms with Crippen molar-refractivity contribution in [3.05, 3.63) is 102 Å². The fourth-order valence-corrected chi connectivity index (χ4v) is 9.54. The number of amides is 3. The number of ether oxygens (including phenoxy) is 1. The Kier molecular flexibility index (Phi) is 10.5. The van der Waals surface area contributed by atoms with E-state index in [0.717, 1.165) is 77.2 Å². The van der Waals surface area contributed by atoms with E-state index in [4.69, 9.17) is 20.4 Å². The highest BCUT2D eigenvalue weighted by Crippen LogP contribution is 2.54. The van der Waals surface area contributed by atoms with Gasteiger partial charge in [0.1, 0.15) is 11.9 Å². The second kappa shape index (κ2) is 15.8. The van der Waals surface area contributed by atoms with E-state index in [1.54, 1.807) is 0 Å². The topological polar surface area (TPSA) is 155 Å². The number of likely N-dealkylation sites (tertiary alicyclic amines) is 1. The number of hydrogen-bond acceptors (Lipinski definition) is 7. The molecule has 3 amide bonds. The molecule has 56 heavy (non-hydrogen) atoms. The zero-order chi connectivity index (χ0) is 38.9. The molecule has 3 heterocycles. The predicted molar refractivity (Wildman–Crippen MR) is 218 cm³/mol. The summed E-state index contributed by atoms with van der Waals surface area (Å²) >= 11 is 0. The van der Waals surface area contributed by atoms with Crippen LogP contribution in [0, 0.1) is 29.6 Å². The van der Waals surface area contributed by atoms with Crippen LogP contribution in [0.5, 0.6) is 0 Å². The number of H-pyrrole nitrogens is 1. The SMILES string of the molecule is COC(=O)N[C@H](C(=O)N1CCC[C@H]1c1ncc(-c2ccc(-c3ccc(C4=CN=C([C@H]5C6CCC(C6)[C@@H]5C(=O)NCc5ccccc5N)C4)cc3)cc2)[nH]1)C(C)C. The lowest BCUT2D eigenvalue weighted by Gasteiger charge is -2.30. The van der Waals surface area contributed by atoms with Gasteiger partial charge in [0.2, 0.25) is 11.8 Å². The van der Waals surface area contributed by atoms with E-state index in [0.29, 0.717) is 30.6 Å². The number of hydrogen-bond donors (Lipinski definition) is 4. The predicted octanol–water partition coefficient (Wildman–Crippen LogP) is 7.53. The second-order valence-corrected chi connectivity index (χ2v) is 16.1. The molecular weight excluding hydrogens is 703 g/mol. The molecule has 1 aromatic heterocycles. The molecule has 2 saturated carbocycles. The fourth-order valence-electron chi connectivity index (χ4n) is 9.54. The van der Waals surface area contributed by atoms with Crippen molar-refractivity contribution in [3.8, 4) is 22.4 Å². The van der Waals surface area contributed by atoms with Crippen molar-refractivity contribution in [1.82, 2.24) is 25.5 Å². The van der Waals surface area contributed by atoms with Gasteiger partial charge in [0.25, 0.3) is 0 Å². The number of methoxy groups -OCH3 is 1. The molecule has 3 fully saturated rings. The summed E-state index contributed by atoms with van der Waals surface area (Å²) in [5, 5.41) is 5.91. The first kappa shape index (κ1) is 37.2. The van der Waals surface area contributed by atoms with Gasteiger partial charge in [0, 0.05) is 48.9 Å². The third-order valence-electron chi connectivity index (χ3n) is 12.5. The number of aliphatic imine (C=N–C) groups is 1. The van der Waals surface area contributed by atoms with Crippen molar-refractivity contribution in [2.75, 3.05) is 19.4 Å².